The Kier molecular flexibility index (Phi) is 6.23. The number of aryl methyl sites for hydroxylation is 1. The van der Waals surface area contributed by atoms with E-state index < -0.39 is 0 Å². The van der Waals surface area contributed by atoms with Gasteiger partial charge in [0.15, 0.2) is 0 Å². The third kappa shape index (κ3) is 4.96. The summed E-state index contributed by atoms with van der Waals surface area (Å²) in [6.45, 7) is 2.83. The molecule has 3 rings (SSSR count). The second-order valence-electron chi connectivity index (χ2n) is 6.27. The monoisotopic (exact) mass is 361 g/mol. The Balaban J connectivity index is 1.70. The molecule has 27 heavy (non-hydrogen) atoms. The van der Waals surface area contributed by atoms with Crippen molar-refractivity contribution in [2.45, 2.75) is 20.1 Å². The summed E-state index contributed by atoms with van der Waals surface area (Å²) in [5, 5.41) is 2.95. The lowest BCUT2D eigenvalue weighted by Gasteiger charge is -2.12. The van der Waals surface area contributed by atoms with Gasteiger partial charge in [0.25, 0.3) is 5.91 Å². The van der Waals surface area contributed by atoms with Crippen molar-refractivity contribution in [3.05, 3.63) is 95.1 Å². The van der Waals surface area contributed by atoms with Crippen LogP contribution in [0.2, 0.25) is 0 Å². The average molecular weight is 361 g/mol. The summed E-state index contributed by atoms with van der Waals surface area (Å²) in [6.07, 6.45) is 0. The maximum atomic E-state index is 12.6. The van der Waals surface area contributed by atoms with Gasteiger partial charge in [-0.3, -0.25) is 4.79 Å². The van der Waals surface area contributed by atoms with E-state index in [1.807, 2.05) is 67.6 Å². The molecule has 0 spiro atoms. The summed E-state index contributed by atoms with van der Waals surface area (Å²) in [7, 11) is 1.61. The maximum Gasteiger partial charge on any atom is 0.255 e. The summed E-state index contributed by atoms with van der Waals surface area (Å²) in [5.41, 5.74) is 4.33. The number of anilines is 1. The molecular formula is C23H23NO3. The highest BCUT2D eigenvalue weighted by Gasteiger charge is 2.12. The summed E-state index contributed by atoms with van der Waals surface area (Å²) >= 11 is 0. The van der Waals surface area contributed by atoms with Crippen LogP contribution in [0, 0.1) is 6.92 Å². The largest absolute Gasteiger partial charge is 0.496 e. The number of nitrogens with one attached hydrogen (secondary N) is 1. The Labute approximate surface area is 159 Å². The first-order valence-corrected chi connectivity index (χ1v) is 8.83. The fourth-order valence-electron chi connectivity index (χ4n) is 2.79. The van der Waals surface area contributed by atoms with Crippen LogP contribution in [0.25, 0.3) is 0 Å². The normalized spacial score (nSPS) is 10.4. The third-order valence-corrected chi connectivity index (χ3v) is 4.30. The zero-order valence-corrected chi connectivity index (χ0v) is 15.6. The van der Waals surface area contributed by atoms with Crippen molar-refractivity contribution in [2.24, 2.45) is 0 Å². The molecule has 0 fully saturated rings. The number of para-hydroxylation sites is 1. The predicted octanol–water partition coefficient (Wildman–Crippen LogP) is 4.97. The van der Waals surface area contributed by atoms with Crippen LogP contribution in [0.3, 0.4) is 0 Å². The SMILES string of the molecule is COc1ccc(C(=O)Nc2ccccc2C)cc1COCc1ccccc1. The summed E-state index contributed by atoms with van der Waals surface area (Å²) < 4.78 is 11.2. The lowest BCUT2D eigenvalue weighted by atomic mass is 10.1. The third-order valence-electron chi connectivity index (χ3n) is 4.30. The Bertz CT molecular complexity index is 907. The zero-order valence-electron chi connectivity index (χ0n) is 15.6. The molecule has 0 heterocycles. The van der Waals surface area contributed by atoms with E-state index in [0.717, 1.165) is 22.4 Å². The molecule has 1 N–H and O–H groups in total. The van der Waals surface area contributed by atoms with Crippen molar-refractivity contribution in [3.63, 3.8) is 0 Å². The van der Waals surface area contributed by atoms with E-state index in [9.17, 15) is 4.79 Å². The van der Waals surface area contributed by atoms with E-state index in [1.165, 1.54) is 0 Å². The first kappa shape index (κ1) is 18.7. The highest BCUT2D eigenvalue weighted by Crippen LogP contribution is 2.22. The van der Waals surface area contributed by atoms with Gasteiger partial charge in [0, 0.05) is 16.8 Å². The Hall–Kier alpha value is -3.11. The highest BCUT2D eigenvalue weighted by atomic mass is 16.5. The van der Waals surface area contributed by atoms with Crippen molar-refractivity contribution in [2.75, 3.05) is 12.4 Å². The smallest absolute Gasteiger partial charge is 0.255 e. The molecule has 138 valence electrons. The van der Waals surface area contributed by atoms with Crippen molar-refractivity contribution in [1.82, 2.24) is 0 Å². The van der Waals surface area contributed by atoms with Gasteiger partial charge < -0.3 is 14.8 Å². The molecule has 4 heteroatoms. The summed E-state index contributed by atoms with van der Waals surface area (Å²) in [5.74, 6) is 0.548. The molecule has 0 aliphatic rings. The first-order chi connectivity index (χ1) is 13.2. The van der Waals surface area contributed by atoms with Gasteiger partial charge in [0.05, 0.1) is 20.3 Å². The van der Waals surface area contributed by atoms with Crippen LogP contribution >= 0.6 is 0 Å². The van der Waals surface area contributed by atoms with Gasteiger partial charge in [-0.25, -0.2) is 0 Å². The molecule has 3 aromatic carbocycles. The first-order valence-electron chi connectivity index (χ1n) is 8.83. The van der Waals surface area contributed by atoms with Gasteiger partial charge in [-0.05, 0) is 42.3 Å². The summed E-state index contributed by atoms with van der Waals surface area (Å²) in [6, 6.07) is 23.0. The van der Waals surface area contributed by atoms with Gasteiger partial charge in [0.1, 0.15) is 5.75 Å². The van der Waals surface area contributed by atoms with Gasteiger partial charge in [0.2, 0.25) is 0 Å². The molecule has 1 amide bonds. The lowest BCUT2D eigenvalue weighted by molar-refractivity contribution is 0.102. The Morgan fingerprint density at radius 1 is 0.926 bits per heavy atom. The van der Waals surface area contributed by atoms with Gasteiger partial charge in [-0.1, -0.05) is 48.5 Å². The minimum absolute atomic E-state index is 0.156. The molecular weight excluding hydrogens is 338 g/mol. The van der Waals surface area contributed by atoms with Gasteiger partial charge >= 0.3 is 0 Å². The summed E-state index contributed by atoms with van der Waals surface area (Å²) in [4.78, 5) is 12.6. The number of ether oxygens (including phenoxy) is 2. The van der Waals surface area contributed by atoms with Crippen LogP contribution in [0.15, 0.2) is 72.8 Å². The molecule has 0 saturated heterocycles. The Morgan fingerprint density at radius 2 is 1.67 bits per heavy atom. The number of benzene rings is 3. The number of hydrogen-bond donors (Lipinski definition) is 1. The molecule has 0 bridgehead atoms. The van der Waals surface area contributed by atoms with Crippen molar-refractivity contribution in [1.29, 1.82) is 0 Å². The number of rotatable bonds is 7. The average Bonchev–Trinajstić information content (AvgIpc) is 2.70. The van der Waals surface area contributed by atoms with E-state index in [1.54, 1.807) is 19.2 Å². The minimum Gasteiger partial charge on any atom is -0.496 e. The van der Waals surface area contributed by atoms with Crippen LogP contribution in [-0.4, -0.2) is 13.0 Å². The topological polar surface area (TPSA) is 47.6 Å². The van der Waals surface area contributed by atoms with Gasteiger partial charge in [-0.15, -0.1) is 0 Å². The molecule has 0 saturated carbocycles. The Morgan fingerprint density at radius 3 is 2.41 bits per heavy atom. The predicted molar refractivity (Wildman–Crippen MR) is 107 cm³/mol. The molecule has 0 aliphatic heterocycles. The van der Waals surface area contributed by atoms with E-state index in [0.29, 0.717) is 24.5 Å². The standard InChI is InChI=1S/C23H23NO3/c1-17-8-6-7-11-21(17)24-23(25)19-12-13-22(26-2)20(14-19)16-27-15-18-9-4-3-5-10-18/h3-14H,15-16H2,1-2H3,(H,24,25). The van der Waals surface area contributed by atoms with Crippen molar-refractivity contribution >= 4 is 11.6 Å². The highest BCUT2D eigenvalue weighted by molar-refractivity contribution is 6.04. The second-order valence-corrected chi connectivity index (χ2v) is 6.27. The van der Waals surface area contributed by atoms with Crippen LogP contribution in [-0.2, 0) is 18.0 Å². The minimum atomic E-state index is -0.156. The second kappa shape index (κ2) is 9.01. The molecule has 3 aromatic rings. The number of carbonyl (C=O) groups excluding carboxylic acids is 1. The van der Waals surface area contributed by atoms with E-state index in [2.05, 4.69) is 5.32 Å². The molecule has 0 aliphatic carbocycles. The molecule has 0 atom stereocenters. The molecule has 0 aromatic heterocycles. The fraction of sp³-hybridized carbons (Fsp3) is 0.174. The van der Waals surface area contributed by atoms with E-state index in [-0.39, 0.29) is 5.91 Å². The number of amides is 1. The van der Waals surface area contributed by atoms with Crippen molar-refractivity contribution < 1.29 is 14.3 Å². The van der Waals surface area contributed by atoms with Crippen LogP contribution in [0.1, 0.15) is 27.0 Å². The zero-order chi connectivity index (χ0) is 19.1. The van der Waals surface area contributed by atoms with Crippen LogP contribution < -0.4 is 10.1 Å². The van der Waals surface area contributed by atoms with Crippen molar-refractivity contribution in [3.8, 4) is 5.75 Å². The van der Waals surface area contributed by atoms with Gasteiger partial charge in [-0.2, -0.15) is 0 Å². The van der Waals surface area contributed by atoms with Crippen LogP contribution in [0.5, 0.6) is 5.75 Å². The number of methoxy groups -OCH3 is 1. The lowest BCUT2D eigenvalue weighted by Crippen LogP contribution is -2.13. The fourth-order valence-corrected chi connectivity index (χ4v) is 2.79. The number of carbonyl (C=O) groups is 1. The van der Waals surface area contributed by atoms with E-state index in [4.69, 9.17) is 9.47 Å². The van der Waals surface area contributed by atoms with Crippen LogP contribution in [0.4, 0.5) is 5.69 Å². The maximum absolute atomic E-state index is 12.6. The molecule has 4 nitrogen and oxygen atoms in total. The quantitative estimate of drug-likeness (QED) is 0.646. The van der Waals surface area contributed by atoms with E-state index >= 15 is 0 Å². The molecule has 0 unspecified atom stereocenters. The molecule has 0 radical (unpaired) electrons. The number of hydrogen-bond acceptors (Lipinski definition) is 3.